The average molecular weight is 356 g/mol. The SMILES string of the molecule is CN=C(NCCCn1nc(C)cc1C)NCCNC(=O)c1ccccc1. The van der Waals surface area contributed by atoms with E-state index in [2.05, 4.69) is 39.0 Å². The first kappa shape index (κ1) is 19.5. The number of aliphatic imine (C=N–C) groups is 1. The van der Waals surface area contributed by atoms with Crippen molar-refractivity contribution in [3.63, 3.8) is 0 Å². The zero-order chi connectivity index (χ0) is 18.8. The molecule has 0 aliphatic carbocycles. The fraction of sp³-hybridized carbons (Fsp3) is 0.421. The number of nitrogens with one attached hydrogen (secondary N) is 3. The van der Waals surface area contributed by atoms with Gasteiger partial charge in [-0.1, -0.05) is 18.2 Å². The highest BCUT2D eigenvalue weighted by atomic mass is 16.1. The Bertz CT molecular complexity index is 723. The lowest BCUT2D eigenvalue weighted by molar-refractivity contribution is 0.0954. The van der Waals surface area contributed by atoms with Crippen LogP contribution in [0.25, 0.3) is 0 Å². The largest absolute Gasteiger partial charge is 0.356 e. The van der Waals surface area contributed by atoms with Crippen LogP contribution in [0, 0.1) is 13.8 Å². The summed E-state index contributed by atoms with van der Waals surface area (Å²) >= 11 is 0. The van der Waals surface area contributed by atoms with Crippen LogP contribution in [-0.2, 0) is 6.54 Å². The quantitative estimate of drug-likeness (QED) is 0.380. The summed E-state index contributed by atoms with van der Waals surface area (Å²) in [5.74, 6) is 0.660. The molecule has 7 heteroatoms. The van der Waals surface area contributed by atoms with E-state index < -0.39 is 0 Å². The van der Waals surface area contributed by atoms with Crippen LogP contribution < -0.4 is 16.0 Å². The summed E-state index contributed by atoms with van der Waals surface area (Å²) < 4.78 is 2.02. The van der Waals surface area contributed by atoms with Gasteiger partial charge in [0.25, 0.3) is 5.91 Å². The number of hydrogen-bond acceptors (Lipinski definition) is 3. The van der Waals surface area contributed by atoms with E-state index in [1.165, 1.54) is 5.69 Å². The van der Waals surface area contributed by atoms with Crippen molar-refractivity contribution in [1.29, 1.82) is 0 Å². The molecule has 2 rings (SSSR count). The van der Waals surface area contributed by atoms with Gasteiger partial charge in [0.2, 0.25) is 0 Å². The lowest BCUT2D eigenvalue weighted by Crippen LogP contribution is -2.42. The molecular weight excluding hydrogens is 328 g/mol. The van der Waals surface area contributed by atoms with E-state index in [1.54, 1.807) is 19.2 Å². The molecule has 0 saturated carbocycles. The molecule has 7 nitrogen and oxygen atoms in total. The van der Waals surface area contributed by atoms with Gasteiger partial charge in [0.1, 0.15) is 0 Å². The first-order chi connectivity index (χ1) is 12.6. The monoisotopic (exact) mass is 356 g/mol. The number of aromatic nitrogens is 2. The van der Waals surface area contributed by atoms with Gasteiger partial charge in [-0.2, -0.15) is 5.10 Å². The number of carbonyl (C=O) groups is 1. The predicted octanol–water partition coefficient (Wildman–Crippen LogP) is 1.49. The molecule has 0 radical (unpaired) electrons. The van der Waals surface area contributed by atoms with Crippen LogP contribution in [0.15, 0.2) is 41.4 Å². The van der Waals surface area contributed by atoms with Crippen LogP contribution in [0.4, 0.5) is 0 Å². The van der Waals surface area contributed by atoms with Crippen LogP contribution in [0.3, 0.4) is 0 Å². The molecule has 0 aliphatic heterocycles. The summed E-state index contributed by atoms with van der Waals surface area (Å²) in [6, 6.07) is 11.3. The Kier molecular flexibility index (Phi) is 7.67. The Morgan fingerprint density at radius 1 is 1.08 bits per heavy atom. The summed E-state index contributed by atoms with van der Waals surface area (Å²) in [4.78, 5) is 16.1. The van der Waals surface area contributed by atoms with Crippen LogP contribution in [-0.4, -0.2) is 48.3 Å². The molecule has 1 amide bonds. The Morgan fingerprint density at radius 2 is 1.77 bits per heavy atom. The average Bonchev–Trinajstić information content (AvgIpc) is 2.98. The normalized spacial score (nSPS) is 11.3. The van der Waals surface area contributed by atoms with Crippen LogP contribution in [0.2, 0.25) is 0 Å². The highest BCUT2D eigenvalue weighted by Crippen LogP contribution is 2.02. The smallest absolute Gasteiger partial charge is 0.251 e. The minimum atomic E-state index is -0.0692. The molecule has 0 spiro atoms. The van der Waals surface area contributed by atoms with Crippen molar-refractivity contribution < 1.29 is 4.79 Å². The molecule has 0 bridgehead atoms. The van der Waals surface area contributed by atoms with Gasteiger partial charge in [0.15, 0.2) is 5.96 Å². The minimum Gasteiger partial charge on any atom is -0.356 e. The topological polar surface area (TPSA) is 83.3 Å². The fourth-order valence-corrected chi connectivity index (χ4v) is 2.61. The maximum Gasteiger partial charge on any atom is 0.251 e. The lowest BCUT2D eigenvalue weighted by atomic mass is 10.2. The third kappa shape index (κ3) is 6.23. The van der Waals surface area contributed by atoms with Gasteiger partial charge in [0.05, 0.1) is 5.69 Å². The maximum atomic E-state index is 11.9. The second kappa shape index (κ2) is 10.2. The number of aryl methyl sites for hydroxylation is 3. The predicted molar refractivity (Wildman–Crippen MR) is 104 cm³/mol. The van der Waals surface area contributed by atoms with Gasteiger partial charge in [-0.3, -0.25) is 14.5 Å². The van der Waals surface area contributed by atoms with Crippen LogP contribution in [0.5, 0.6) is 0 Å². The van der Waals surface area contributed by atoms with E-state index in [0.717, 1.165) is 31.2 Å². The first-order valence-corrected chi connectivity index (χ1v) is 8.89. The van der Waals surface area contributed by atoms with Gasteiger partial charge < -0.3 is 16.0 Å². The summed E-state index contributed by atoms with van der Waals surface area (Å²) in [5.41, 5.74) is 2.89. The molecule has 1 aromatic heterocycles. The number of rotatable bonds is 8. The van der Waals surface area contributed by atoms with E-state index in [4.69, 9.17) is 0 Å². The van der Waals surface area contributed by atoms with E-state index >= 15 is 0 Å². The summed E-state index contributed by atoms with van der Waals surface area (Å²) in [6.07, 6.45) is 0.952. The van der Waals surface area contributed by atoms with Crippen molar-refractivity contribution in [2.24, 2.45) is 4.99 Å². The third-order valence-electron chi connectivity index (χ3n) is 3.91. The Morgan fingerprint density at radius 3 is 2.42 bits per heavy atom. The molecule has 0 saturated heterocycles. The van der Waals surface area contributed by atoms with Gasteiger partial charge >= 0.3 is 0 Å². The summed E-state index contributed by atoms with van der Waals surface area (Å²) in [6.45, 7) is 6.88. The van der Waals surface area contributed by atoms with Gasteiger partial charge in [-0.25, -0.2) is 0 Å². The van der Waals surface area contributed by atoms with Gasteiger partial charge in [-0.15, -0.1) is 0 Å². The number of hydrogen-bond donors (Lipinski definition) is 3. The Balaban J connectivity index is 1.60. The van der Waals surface area contributed by atoms with Crippen molar-refractivity contribution in [1.82, 2.24) is 25.7 Å². The van der Waals surface area contributed by atoms with E-state index in [0.29, 0.717) is 18.7 Å². The van der Waals surface area contributed by atoms with Crippen LogP contribution in [0.1, 0.15) is 28.2 Å². The van der Waals surface area contributed by atoms with Crippen LogP contribution >= 0.6 is 0 Å². The molecule has 0 fully saturated rings. The minimum absolute atomic E-state index is 0.0692. The second-order valence-corrected chi connectivity index (χ2v) is 6.05. The van der Waals surface area contributed by atoms with Gasteiger partial charge in [-0.05, 0) is 38.5 Å². The number of benzene rings is 1. The van der Waals surface area contributed by atoms with Crippen molar-refractivity contribution >= 4 is 11.9 Å². The molecule has 140 valence electrons. The highest BCUT2D eigenvalue weighted by molar-refractivity contribution is 5.94. The fourth-order valence-electron chi connectivity index (χ4n) is 2.61. The number of nitrogens with zero attached hydrogens (tertiary/aromatic N) is 3. The molecule has 26 heavy (non-hydrogen) atoms. The number of carbonyl (C=O) groups excluding carboxylic acids is 1. The molecule has 0 unspecified atom stereocenters. The van der Waals surface area contributed by atoms with Gasteiger partial charge in [0, 0.05) is 44.5 Å². The molecule has 0 aliphatic rings. The first-order valence-electron chi connectivity index (χ1n) is 8.89. The van der Waals surface area contributed by atoms with Crippen molar-refractivity contribution in [2.75, 3.05) is 26.7 Å². The van der Waals surface area contributed by atoms with Crippen molar-refractivity contribution in [3.05, 3.63) is 53.3 Å². The number of guanidine groups is 1. The standard InChI is InChI=1S/C19H28N6O/c1-15-14-16(2)25(24-15)13-7-10-22-19(20-3)23-12-11-21-18(26)17-8-5-4-6-9-17/h4-6,8-9,14H,7,10-13H2,1-3H3,(H,21,26)(H2,20,22,23). The van der Waals surface area contributed by atoms with Crippen molar-refractivity contribution in [3.8, 4) is 0 Å². The van der Waals surface area contributed by atoms with E-state index in [1.807, 2.05) is 29.8 Å². The van der Waals surface area contributed by atoms with E-state index in [-0.39, 0.29) is 5.91 Å². The Labute approximate surface area is 154 Å². The van der Waals surface area contributed by atoms with Crippen molar-refractivity contribution in [2.45, 2.75) is 26.8 Å². The molecule has 2 aromatic rings. The zero-order valence-corrected chi connectivity index (χ0v) is 15.7. The molecule has 1 aromatic carbocycles. The summed E-state index contributed by atoms with van der Waals surface area (Å²) in [7, 11) is 1.74. The number of amides is 1. The second-order valence-electron chi connectivity index (χ2n) is 6.05. The molecule has 1 heterocycles. The highest BCUT2D eigenvalue weighted by Gasteiger charge is 2.04. The third-order valence-corrected chi connectivity index (χ3v) is 3.91. The summed E-state index contributed by atoms with van der Waals surface area (Å²) in [5, 5.41) is 13.8. The molecule has 3 N–H and O–H groups in total. The Hall–Kier alpha value is -2.83. The van der Waals surface area contributed by atoms with E-state index in [9.17, 15) is 4.79 Å². The lowest BCUT2D eigenvalue weighted by Gasteiger charge is -2.12. The zero-order valence-electron chi connectivity index (χ0n) is 15.7. The molecule has 0 atom stereocenters. The maximum absolute atomic E-state index is 11.9. The molecular formula is C19H28N6O.